The second kappa shape index (κ2) is 8.20. The van der Waals surface area contributed by atoms with Crippen molar-refractivity contribution >= 4 is 47.1 Å². The van der Waals surface area contributed by atoms with Gasteiger partial charge in [0.1, 0.15) is 5.88 Å². The molecule has 8 heteroatoms. The molecule has 0 spiro atoms. The fourth-order valence-electron chi connectivity index (χ4n) is 0.938. The Morgan fingerprint density at radius 2 is 1.94 bits per heavy atom. The molecule has 0 aliphatic rings. The molecule has 0 bridgehead atoms. The number of carbonyl (C=O) groups excluding carboxylic acids is 1. The molecule has 0 heterocycles. The zero-order valence-corrected chi connectivity index (χ0v) is 10.6. The van der Waals surface area contributed by atoms with E-state index >= 15 is 0 Å². The standard InChI is InChI=1S/C8H10N2O3S.2ClH/c9-8(11)6-2-1-3-7(4-6)10-5-14(12)13;;/h1-4,10,14H,5H2,(H2,9,11);2*1H. The maximum absolute atomic E-state index is 10.8. The molecule has 0 radical (unpaired) electrons. The first-order chi connectivity index (χ1) is 6.59. The summed E-state index contributed by atoms with van der Waals surface area (Å²) in [6.07, 6.45) is 0. The smallest absolute Gasteiger partial charge is 0.248 e. The lowest BCUT2D eigenvalue weighted by Crippen LogP contribution is -2.11. The van der Waals surface area contributed by atoms with Crippen LogP contribution in [0.2, 0.25) is 0 Å². The maximum atomic E-state index is 10.8. The normalized spacial score (nSPS) is 8.81. The number of carbonyl (C=O) groups is 1. The molecule has 1 amide bonds. The lowest BCUT2D eigenvalue weighted by Gasteiger charge is -2.02. The van der Waals surface area contributed by atoms with E-state index in [9.17, 15) is 13.2 Å². The summed E-state index contributed by atoms with van der Waals surface area (Å²) in [7, 11) is -2.48. The van der Waals surface area contributed by atoms with Gasteiger partial charge in [0, 0.05) is 11.3 Å². The summed E-state index contributed by atoms with van der Waals surface area (Å²) in [6.45, 7) is 0. The Morgan fingerprint density at radius 3 is 2.44 bits per heavy atom. The van der Waals surface area contributed by atoms with Crippen LogP contribution < -0.4 is 11.1 Å². The van der Waals surface area contributed by atoms with Crippen LogP contribution in [-0.4, -0.2) is 20.2 Å². The zero-order chi connectivity index (χ0) is 10.6. The summed E-state index contributed by atoms with van der Waals surface area (Å²) in [6, 6.07) is 6.34. The van der Waals surface area contributed by atoms with Gasteiger partial charge in [0.15, 0.2) is 10.7 Å². The van der Waals surface area contributed by atoms with Gasteiger partial charge in [-0.2, -0.15) is 0 Å². The summed E-state index contributed by atoms with van der Waals surface area (Å²) in [5.74, 6) is -0.697. The Morgan fingerprint density at radius 1 is 1.31 bits per heavy atom. The molecule has 0 aliphatic heterocycles. The highest BCUT2D eigenvalue weighted by Gasteiger charge is 2.00. The van der Waals surface area contributed by atoms with Crippen molar-refractivity contribution in [3.63, 3.8) is 0 Å². The minimum Gasteiger partial charge on any atom is -0.372 e. The van der Waals surface area contributed by atoms with Gasteiger partial charge in [-0.05, 0) is 18.2 Å². The molecule has 1 aromatic carbocycles. The Bertz CT molecular complexity index is 415. The summed E-state index contributed by atoms with van der Waals surface area (Å²) in [5, 5.41) is 2.64. The molecule has 0 saturated heterocycles. The largest absolute Gasteiger partial charge is 0.372 e. The van der Waals surface area contributed by atoms with Crippen LogP contribution >= 0.6 is 24.8 Å². The van der Waals surface area contributed by atoms with Crippen LogP contribution in [0.25, 0.3) is 0 Å². The van der Waals surface area contributed by atoms with E-state index in [2.05, 4.69) is 5.32 Å². The van der Waals surface area contributed by atoms with E-state index in [-0.39, 0.29) is 30.7 Å². The van der Waals surface area contributed by atoms with Gasteiger partial charge in [0.05, 0.1) is 0 Å². The number of hydrogen-bond donors (Lipinski definition) is 3. The molecule has 0 aromatic heterocycles. The second-order valence-electron chi connectivity index (χ2n) is 2.61. The topological polar surface area (TPSA) is 89.3 Å². The predicted octanol–water partition coefficient (Wildman–Crippen LogP) is 0.610. The van der Waals surface area contributed by atoms with Crippen LogP contribution in [0, 0.1) is 0 Å². The molecule has 0 saturated carbocycles. The van der Waals surface area contributed by atoms with E-state index in [4.69, 9.17) is 5.73 Å². The van der Waals surface area contributed by atoms with Crippen LogP contribution in [0.4, 0.5) is 5.69 Å². The molecule has 5 nitrogen and oxygen atoms in total. The highest BCUT2D eigenvalue weighted by Crippen LogP contribution is 2.09. The Hall–Kier alpha value is -0.980. The molecule has 92 valence electrons. The summed E-state index contributed by atoms with van der Waals surface area (Å²) in [5.41, 5.74) is 5.95. The third kappa shape index (κ3) is 5.79. The van der Waals surface area contributed by atoms with Gasteiger partial charge in [0.25, 0.3) is 0 Å². The first kappa shape index (κ1) is 17.4. The van der Waals surface area contributed by atoms with E-state index < -0.39 is 16.6 Å². The van der Waals surface area contributed by atoms with Gasteiger partial charge in [-0.1, -0.05) is 6.07 Å². The molecule has 0 unspecified atom stereocenters. The predicted molar refractivity (Wildman–Crippen MR) is 68.3 cm³/mol. The first-order valence-corrected chi connectivity index (χ1v) is 5.21. The van der Waals surface area contributed by atoms with Crippen molar-refractivity contribution < 1.29 is 13.2 Å². The molecule has 0 fully saturated rings. The number of primary amides is 1. The van der Waals surface area contributed by atoms with Crippen molar-refractivity contribution in [2.45, 2.75) is 0 Å². The third-order valence-corrected chi connectivity index (χ3v) is 1.98. The average Bonchev–Trinajstić information content (AvgIpc) is 2.15. The van der Waals surface area contributed by atoms with Crippen LogP contribution in [0.3, 0.4) is 0 Å². The van der Waals surface area contributed by atoms with E-state index in [1.807, 2.05) is 0 Å². The van der Waals surface area contributed by atoms with Crippen molar-refractivity contribution in [3.8, 4) is 0 Å². The first-order valence-electron chi connectivity index (χ1n) is 3.85. The Labute approximate surface area is 107 Å². The number of benzene rings is 1. The monoisotopic (exact) mass is 286 g/mol. The zero-order valence-electron chi connectivity index (χ0n) is 8.08. The number of anilines is 1. The fraction of sp³-hybridized carbons (Fsp3) is 0.125. The molecule has 1 aromatic rings. The SMILES string of the molecule is Cl.Cl.NC(=O)c1cccc(NC[SH](=O)=O)c1. The third-order valence-electron chi connectivity index (χ3n) is 1.56. The van der Waals surface area contributed by atoms with Gasteiger partial charge in [-0.3, -0.25) is 4.79 Å². The van der Waals surface area contributed by atoms with Gasteiger partial charge >= 0.3 is 0 Å². The van der Waals surface area contributed by atoms with Crippen LogP contribution in [0.1, 0.15) is 10.4 Å². The van der Waals surface area contributed by atoms with Crippen LogP contribution in [-0.2, 0) is 10.7 Å². The Balaban J connectivity index is 0. The summed E-state index contributed by atoms with van der Waals surface area (Å²) >= 11 is 0. The number of nitrogens with two attached hydrogens (primary N) is 1. The van der Waals surface area contributed by atoms with Crippen molar-refractivity contribution in [1.82, 2.24) is 0 Å². The minimum absolute atomic E-state index is 0. The van der Waals surface area contributed by atoms with Crippen molar-refractivity contribution in [2.24, 2.45) is 5.73 Å². The maximum Gasteiger partial charge on any atom is 0.248 e. The quantitative estimate of drug-likeness (QED) is 0.708. The van der Waals surface area contributed by atoms with Gasteiger partial charge in [0.2, 0.25) is 5.91 Å². The molecule has 0 atom stereocenters. The minimum atomic E-state index is -2.48. The van der Waals surface area contributed by atoms with Crippen molar-refractivity contribution in [1.29, 1.82) is 0 Å². The molecule has 0 aliphatic carbocycles. The second-order valence-corrected chi connectivity index (χ2v) is 3.59. The van der Waals surface area contributed by atoms with Crippen LogP contribution in [0.5, 0.6) is 0 Å². The van der Waals surface area contributed by atoms with Crippen molar-refractivity contribution in [3.05, 3.63) is 29.8 Å². The average molecular weight is 287 g/mol. The van der Waals surface area contributed by atoms with E-state index in [1.54, 1.807) is 18.2 Å². The molecule has 1 rings (SSSR count). The molecular formula is C8H12Cl2N2O3S. The number of hydrogen-bond acceptors (Lipinski definition) is 4. The number of rotatable bonds is 4. The fourth-order valence-corrected chi connectivity index (χ4v) is 1.25. The Kier molecular flexibility index (Phi) is 8.93. The van der Waals surface area contributed by atoms with Gasteiger partial charge in [-0.15, -0.1) is 24.8 Å². The molecule has 3 N–H and O–H groups in total. The van der Waals surface area contributed by atoms with E-state index in [0.717, 1.165) is 0 Å². The van der Waals surface area contributed by atoms with Crippen LogP contribution in [0.15, 0.2) is 24.3 Å². The number of halogens is 2. The molecular weight excluding hydrogens is 275 g/mol. The van der Waals surface area contributed by atoms with Crippen molar-refractivity contribution in [2.75, 3.05) is 11.2 Å². The van der Waals surface area contributed by atoms with E-state index in [0.29, 0.717) is 11.3 Å². The van der Waals surface area contributed by atoms with E-state index in [1.165, 1.54) is 6.07 Å². The molecule has 16 heavy (non-hydrogen) atoms. The summed E-state index contributed by atoms with van der Waals surface area (Å²) < 4.78 is 20.5. The lowest BCUT2D eigenvalue weighted by molar-refractivity contribution is 0.100. The lowest BCUT2D eigenvalue weighted by atomic mass is 10.2. The summed E-state index contributed by atoms with van der Waals surface area (Å²) in [4.78, 5) is 10.8. The highest BCUT2D eigenvalue weighted by molar-refractivity contribution is 7.72. The number of amides is 1. The highest BCUT2D eigenvalue weighted by atomic mass is 35.5. The van der Waals surface area contributed by atoms with Gasteiger partial charge < -0.3 is 11.1 Å². The number of nitrogens with one attached hydrogen (secondary N) is 1. The number of thiol groups is 1. The van der Waals surface area contributed by atoms with Gasteiger partial charge in [-0.25, -0.2) is 8.42 Å².